The normalized spacial score (nSPS) is 14.3. The summed E-state index contributed by atoms with van der Waals surface area (Å²) in [7, 11) is 1.20. The number of sulfone groups is 1. The molecule has 3 aromatic carbocycles. The van der Waals surface area contributed by atoms with E-state index in [1.807, 2.05) is 36.4 Å². The Morgan fingerprint density at radius 3 is 2.00 bits per heavy atom. The third-order valence-corrected chi connectivity index (χ3v) is 8.47. The first-order valence-corrected chi connectivity index (χ1v) is 13.2. The van der Waals surface area contributed by atoms with Crippen LogP contribution in [0, 0.1) is 0 Å². The van der Waals surface area contributed by atoms with Crippen LogP contribution in [0.3, 0.4) is 0 Å². The van der Waals surface area contributed by atoms with Crippen LogP contribution in [0.5, 0.6) is 17.2 Å². The van der Waals surface area contributed by atoms with E-state index in [0.29, 0.717) is 22.1 Å². The number of ether oxygens (including phenoxy) is 3. The summed E-state index contributed by atoms with van der Waals surface area (Å²) in [5.41, 5.74) is 3.38. The fourth-order valence-corrected chi connectivity index (χ4v) is 6.07. The molecular formula is C29H32INO5S. The number of benzene rings is 3. The summed E-state index contributed by atoms with van der Waals surface area (Å²) in [6.07, 6.45) is 4.03. The molecule has 0 aliphatic carbocycles. The lowest BCUT2D eigenvalue weighted by Crippen LogP contribution is -3.00. The molecule has 0 N–H and O–H groups in total. The molecule has 0 radical (unpaired) electrons. The summed E-state index contributed by atoms with van der Waals surface area (Å²) in [5, 5.41) is 0. The van der Waals surface area contributed by atoms with E-state index in [2.05, 4.69) is 31.4 Å². The Morgan fingerprint density at radius 1 is 0.838 bits per heavy atom. The topological polar surface area (TPSA) is 64.8 Å². The highest BCUT2D eigenvalue weighted by Gasteiger charge is 2.44. The van der Waals surface area contributed by atoms with E-state index >= 15 is 0 Å². The van der Waals surface area contributed by atoms with Crippen LogP contribution in [-0.2, 0) is 15.3 Å². The highest BCUT2D eigenvalue weighted by molar-refractivity contribution is 7.91. The van der Waals surface area contributed by atoms with Gasteiger partial charge in [0.2, 0.25) is 15.5 Å². The van der Waals surface area contributed by atoms with E-state index in [4.69, 9.17) is 14.2 Å². The number of halogens is 1. The van der Waals surface area contributed by atoms with Crippen molar-refractivity contribution in [3.8, 4) is 17.2 Å². The first-order chi connectivity index (χ1) is 17.2. The second-order valence-corrected chi connectivity index (χ2v) is 11.0. The van der Waals surface area contributed by atoms with Crippen molar-refractivity contribution in [1.29, 1.82) is 0 Å². The predicted octanol–water partition coefficient (Wildman–Crippen LogP) is 2.66. The molecule has 0 fully saturated rings. The van der Waals surface area contributed by atoms with Crippen LogP contribution >= 0.6 is 0 Å². The number of rotatable bonds is 8. The zero-order valence-electron chi connectivity index (χ0n) is 21.9. The minimum atomic E-state index is -3.62. The number of hydrogen-bond donors (Lipinski definition) is 0. The monoisotopic (exact) mass is 633 g/mol. The molecule has 0 unspecified atom stereocenters. The Bertz CT molecular complexity index is 1440. The summed E-state index contributed by atoms with van der Waals surface area (Å²) in [6.45, 7) is 7.05. The van der Waals surface area contributed by atoms with Gasteiger partial charge < -0.3 is 38.2 Å². The Morgan fingerprint density at radius 2 is 1.46 bits per heavy atom. The maximum absolute atomic E-state index is 13.3. The molecule has 0 bridgehead atoms. The lowest BCUT2D eigenvalue weighted by atomic mass is 9.81. The van der Waals surface area contributed by atoms with Gasteiger partial charge in [-0.15, -0.1) is 0 Å². The average Bonchev–Trinajstić information content (AvgIpc) is 3.12. The molecule has 196 valence electrons. The van der Waals surface area contributed by atoms with E-state index in [9.17, 15) is 8.42 Å². The molecule has 1 aliphatic rings. The van der Waals surface area contributed by atoms with Gasteiger partial charge in [0.05, 0.1) is 42.1 Å². The molecule has 0 saturated heterocycles. The molecular weight excluding hydrogens is 601 g/mol. The van der Waals surface area contributed by atoms with Crippen molar-refractivity contribution in [2.75, 3.05) is 27.9 Å². The van der Waals surface area contributed by atoms with E-state index < -0.39 is 15.3 Å². The van der Waals surface area contributed by atoms with Gasteiger partial charge in [0.15, 0.2) is 5.71 Å². The number of methoxy groups -OCH3 is 3. The molecule has 4 rings (SSSR count). The standard InChI is InChI=1S/C29H32NO5S.HI/c1-7-30-25-15-13-22(36(31,32)21-11-9-8-10-12-21)19-24(25)29(2,3)28(30)16-14-23-26(34-5)17-20(33-4)18-27(23)35-6;/h8-19H,7H2,1-6H3;1H/q+1;/p-1. The molecule has 0 spiro atoms. The highest BCUT2D eigenvalue weighted by Crippen LogP contribution is 2.42. The second-order valence-electron chi connectivity index (χ2n) is 9.03. The largest absolute Gasteiger partial charge is 1.00 e. The quantitative estimate of drug-likeness (QED) is 0.282. The third kappa shape index (κ3) is 5.13. The van der Waals surface area contributed by atoms with Crippen molar-refractivity contribution in [3.63, 3.8) is 0 Å². The molecule has 3 aromatic rings. The third-order valence-electron chi connectivity index (χ3n) is 6.70. The lowest BCUT2D eigenvalue weighted by molar-refractivity contribution is -0.433. The Balaban J connectivity index is 0.00000380. The van der Waals surface area contributed by atoms with Crippen LogP contribution in [0.15, 0.2) is 76.5 Å². The van der Waals surface area contributed by atoms with Crippen LogP contribution in [-0.4, -0.2) is 46.6 Å². The van der Waals surface area contributed by atoms with Crippen molar-refractivity contribution in [3.05, 3.63) is 77.9 Å². The number of hydrogen-bond acceptors (Lipinski definition) is 5. The van der Waals surface area contributed by atoms with Crippen LogP contribution < -0.4 is 38.2 Å². The van der Waals surface area contributed by atoms with Crippen LogP contribution in [0.2, 0.25) is 0 Å². The van der Waals surface area contributed by atoms with E-state index in [0.717, 1.165) is 29.1 Å². The SMILES string of the molecule is CC[N+]1=C(C=Cc2c(OC)cc(OC)cc2OC)C(C)(C)c2cc(S(=O)(=O)c3ccccc3)ccc21.[I-]. The van der Waals surface area contributed by atoms with Gasteiger partial charge in [-0.25, -0.2) is 8.42 Å². The summed E-state index contributed by atoms with van der Waals surface area (Å²) in [5.74, 6) is 1.91. The summed E-state index contributed by atoms with van der Waals surface area (Å²) in [6, 6.07) is 17.6. The van der Waals surface area contributed by atoms with Crippen molar-refractivity contribution >= 4 is 27.3 Å². The molecule has 1 heterocycles. The van der Waals surface area contributed by atoms with E-state index in [1.165, 1.54) is 0 Å². The zero-order valence-corrected chi connectivity index (χ0v) is 24.9. The maximum atomic E-state index is 13.3. The van der Waals surface area contributed by atoms with Gasteiger partial charge in [-0.05, 0) is 51.1 Å². The van der Waals surface area contributed by atoms with Crippen LogP contribution in [0.25, 0.3) is 6.08 Å². The van der Waals surface area contributed by atoms with Crippen molar-refractivity contribution in [1.82, 2.24) is 0 Å². The minimum Gasteiger partial charge on any atom is -1.00 e. The first-order valence-electron chi connectivity index (χ1n) is 11.8. The summed E-state index contributed by atoms with van der Waals surface area (Å²) >= 11 is 0. The van der Waals surface area contributed by atoms with Crippen molar-refractivity contribution in [2.24, 2.45) is 0 Å². The Labute approximate surface area is 236 Å². The van der Waals surface area contributed by atoms with Gasteiger partial charge >= 0.3 is 0 Å². The molecule has 0 saturated carbocycles. The average molecular weight is 634 g/mol. The van der Waals surface area contributed by atoms with Gasteiger partial charge in [0, 0.05) is 29.8 Å². The highest BCUT2D eigenvalue weighted by atomic mass is 127. The maximum Gasteiger partial charge on any atom is 0.209 e. The molecule has 37 heavy (non-hydrogen) atoms. The van der Waals surface area contributed by atoms with Crippen molar-refractivity contribution < 1.29 is 51.2 Å². The van der Waals surface area contributed by atoms with Gasteiger partial charge in [-0.2, -0.15) is 4.58 Å². The molecule has 8 heteroatoms. The van der Waals surface area contributed by atoms with Gasteiger partial charge in [0.25, 0.3) is 0 Å². The van der Waals surface area contributed by atoms with Crippen molar-refractivity contribution in [2.45, 2.75) is 36.0 Å². The molecule has 0 atom stereocenters. The number of allylic oxidation sites excluding steroid dienone is 1. The van der Waals surface area contributed by atoms with E-state index in [1.54, 1.807) is 51.7 Å². The first kappa shape index (κ1) is 28.7. The number of nitrogens with zero attached hydrogens (tertiary/aromatic N) is 1. The summed E-state index contributed by atoms with van der Waals surface area (Å²) < 4.78 is 45.4. The minimum absolute atomic E-state index is 0. The fraction of sp³-hybridized carbons (Fsp3) is 0.276. The van der Waals surface area contributed by atoms with Gasteiger partial charge in [-0.3, -0.25) is 0 Å². The lowest BCUT2D eigenvalue weighted by Gasteiger charge is -2.17. The zero-order chi connectivity index (χ0) is 26.1. The predicted molar refractivity (Wildman–Crippen MR) is 142 cm³/mol. The Hall–Kier alpha value is -2.85. The molecule has 0 amide bonds. The molecule has 1 aliphatic heterocycles. The fourth-order valence-electron chi connectivity index (χ4n) is 4.76. The van der Waals surface area contributed by atoms with Gasteiger partial charge in [-0.1, -0.05) is 18.2 Å². The van der Waals surface area contributed by atoms with Crippen LogP contribution in [0.1, 0.15) is 31.9 Å². The Kier molecular flexibility index (Phi) is 8.74. The second kappa shape index (κ2) is 11.3. The van der Waals surface area contributed by atoms with Crippen LogP contribution in [0.4, 0.5) is 5.69 Å². The molecule has 6 nitrogen and oxygen atoms in total. The number of fused-ring (bicyclic) bond motifs is 1. The summed E-state index contributed by atoms with van der Waals surface area (Å²) in [4.78, 5) is 0.580. The van der Waals surface area contributed by atoms with Gasteiger partial charge in [0.1, 0.15) is 23.8 Å². The smallest absolute Gasteiger partial charge is 0.209 e. The van der Waals surface area contributed by atoms with E-state index in [-0.39, 0.29) is 28.9 Å². The molecule has 0 aromatic heterocycles.